The second kappa shape index (κ2) is 7.51. The first-order chi connectivity index (χ1) is 12.8. The lowest BCUT2D eigenvalue weighted by Gasteiger charge is -2.34. The van der Waals surface area contributed by atoms with E-state index in [2.05, 4.69) is 11.1 Å². The molecule has 1 atom stereocenters. The summed E-state index contributed by atoms with van der Waals surface area (Å²) in [7, 11) is 1.76. The molecule has 1 aromatic heterocycles. The first-order valence-electron chi connectivity index (χ1n) is 9.38. The van der Waals surface area contributed by atoms with E-state index in [-0.39, 0.29) is 17.9 Å². The molecular weight excluding hydrogens is 338 g/mol. The van der Waals surface area contributed by atoms with Crippen molar-refractivity contribution in [2.75, 3.05) is 18.5 Å². The summed E-state index contributed by atoms with van der Waals surface area (Å²) in [4.78, 5) is 33.9. The fraction of sp³-hybridized carbons (Fsp3) is 0.409. The van der Waals surface area contributed by atoms with Crippen LogP contribution in [0.2, 0.25) is 0 Å². The zero-order valence-electron chi connectivity index (χ0n) is 16.5. The van der Waals surface area contributed by atoms with Crippen molar-refractivity contribution >= 4 is 17.5 Å². The molecule has 1 aliphatic heterocycles. The second-order valence-corrected chi connectivity index (χ2v) is 7.81. The van der Waals surface area contributed by atoms with Crippen LogP contribution in [-0.2, 0) is 22.4 Å². The Kier molecular flexibility index (Phi) is 5.31. The SMILES string of the molecule is CC1Cc2ccccc2N1C(=O)C(C)(C)C(=O)N(C)CCc1ccncc1. The van der Waals surface area contributed by atoms with Crippen LogP contribution in [0.15, 0.2) is 48.8 Å². The predicted molar refractivity (Wildman–Crippen MR) is 106 cm³/mol. The summed E-state index contributed by atoms with van der Waals surface area (Å²) in [5.41, 5.74) is 2.09. The number of carbonyl (C=O) groups is 2. The molecular formula is C22H27N3O2. The number of nitrogens with zero attached hydrogens (tertiary/aromatic N) is 3. The normalized spacial score (nSPS) is 16.1. The van der Waals surface area contributed by atoms with Gasteiger partial charge in [-0.2, -0.15) is 0 Å². The molecule has 0 saturated carbocycles. The third-order valence-corrected chi connectivity index (χ3v) is 5.33. The number of amides is 2. The van der Waals surface area contributed by atoms with Gasteiger partial charge in [-0.1, -0.05) is 18.2 Å². The van der Waals surface area contributed by atoms with Crippen molar-refractivity contribution < 1.29 is 9.59 Å². The Hall–Kier alpha value is -2.69. The van der Waals surface area contributed by atoms with Gasteiger partial charge in [0.1, 0.15) is 5.41 Å². The van der Waals surface area contributed by atoms with Crippen LogP contribution in [0.3, 0.4) is 0 Å². The van der Waals surface area contributed by atoms with Gasteiger partial charge in [0.25, 0.3) is 0 Å². The molecule has 1 aromatic carbocycles. The molecule has 2 heterocycles. The Bertz CT molecular complexity index is 832. The lowest BCUT2D eigenvalue weighted by atomic mass is 9.89. The van der Waals surface area contributed by atoms with Gasteiger partial charge in [0.05, 0.1) is 0 Å². The van der Waals surface area contributed by atoms with E-state index in [1.54, 1.807) is 43.1 Å². The van der Waals surface area contributed by atoms with Gasteiger partial charge in [-0.3, -0.25) is 14.6 Å². The first-order valence-corrected chi connectivity index (χ1v) is 9.38. The molecule has 3 rings (SSSR count). The first kappa shape index (κ1) is 19.1. The van der Waals surface area contributed by atoms with Crippen molar-refractivity contribution in [1.82, 2.24) is 9.88 Å². The fourth-order valence-electron chi connectivity index (χ4n) is 3.69. The van der Waals surface area contributed by atoms with E-state index < -0.39 is 5.41 Å². The van der Waals surface area contributed by atoms with Crippen LogP contribution < -0.4 is 4.90 Å². The zero-order valence-corrected chi connectivity index (χ0v) is 16.5. The number of likely N-dealkylation sites (N-methyl/N-ethyl adjacent to an activating group) is 1. The van der Waals surface area contributed by atoms with E-state index in [0.29, 0.717) is 6.54 Å². The maximum absolute atomic E-state index is 13.3. The monoisotopic (exact) mass is 365 g/mol. The van der Waals surface area contributed by atoms with Gasteiger partial charge in [-0.05, 0) is 62.9 Å². The van der Waals surface area contributed by atoms with Gasteiger partial charge in [0.15, 0.2) is 0 Å². The zero-order chi connectivity index (χ0) is 19.6. The lowest BCUT2D eigenvalue weighted by molar-refractivity contribution is -0.146. The Morgan fingerprint density at radius 2 is 1.85 bits per heavy atom. The molecule has 0 bridgehead atoms. The van der Waals surface area contributed by atoms with Gasteiger partial charge in [-0.15, -0.1) is 0 Å². The van der Waals surface area contributed by atoms with Gasteiger partial charge >= 0.3 is 0 Å². The molecule has 1 unspecified atom stereocenters. The van der Waals surface area contributed by atoms with Crippen molar-refractivity contribution in [1.29, 1.82) is 0 Å². The molecule has 0 fully saturated rings. The van der Waals surface area contributed by atoms with Crippen LogP contribution in [0.1, 0.15) is 31.9 Å². The molecule has 0 radical (unpaired) electrons. The van der Waals surface area contributed by atoms with Crippen molar-refractivity contribution in [3.8, 4) is 0 Å². The van der Waals surface area contributed by atoms with Crippen molar-refractivity contribution in [2.24, 2.45) is 5.41 Å². The number of fused-ring (bicyclic) bond motifs is 1. The van der Waals surface area contributed by atoms with Crippen LogP contribution >= 0.6 is 0 Å². The number of carbonyl (C=O) groups excluding carboxylic acids is 2. The van der Waals surface area contributed by atoms with E-state index >= 15 is 0 Å². The van der Waals surface area contributed by atoms with Crippen LogP contribution in [0.25, 0.3) is 0 Å². The molecule has 5 heteroatoms. The highest BCUT2D eigenvalue weighted by atomic mass is 16.2. The molecule has 0 N–H and O–H groups in total. The molecule has 27 heavy (non-hydrogen) atoms. The summed E-state index contributed by atoms with van der Waals surface area (Å²) in [5, 5.41) is 0. The number of benzene rings is 1. The van der Waals surface area contributed by atoms with Crippen LogP contribution in [-0.4, -0.2) is 41.3 Å². The van der Waals surface area contributed by atoms with E-state index in [1.807, 2.05) is 37.3 Å². The fourth-order valence-corrected chi connectivity index (χ4v) is 3.69. The number of hydrogen-bond donors (Lipinski definition) is 0. The largest absolute Gasteiger partial charge is 0.345 e. The van der Waals surface area contributed by atoms with E-state index in [0.717, 1.165) is 29.7 Å². The predicted octanol–water partition coefficient (Wildman–Crippen LogP) is 3.09. The molecule has 142 valence electrons. The Balaban J connectivity index is 1.72. The maximum Gasteiger partial charge on any atom is 0.242 e. The number of rotatable bonds is 5. The molecule has 2 aromatic rings. The summed E-state index contributed by atoms with van der Waals surface area (Å²) in [6.07, 6.45) is 5.05. The Morgan fingerprint density at radius 1 is 1.19 bits per heavy atom. The summed E-state index contributed by atoms with van der Waals surface area (Å²) in [5.74, 6) is -0.293. The molecule has 2 amide bonds. The van der Waals surface area contributed by atoms with Gasteiger partial charge in [0.2, 0.25) is 11.8 Å². The summed E-state index contributed by atoms with van der Waals surface area (Å²) >= 11 is 0. The average molecular weight is 365 g/mol. The standard InChI is InChI=1S/C22H27N3O2/c1-16-15-18-7-5-6-8-19(18)25(16)21(27)22(2,3)20(26)24(4)14-11-17-9-12-23-13-10-17/h5-10,12-13,16H,11,14-15H2,1-4H3. The number of anilines is 1. The minimum Gasteiger partial charge on any atom is -0.345 e. The van der Waals surface area contributed by atoms with Crippen molar-refractivity contribution in [3.05, 3.63) is 59.9 Å². The average Bonchev–Trinajstić information content (AvgIpc) is 3.01. The summed E-state index contributed by atoms with van der Waals surface area (Å²) in [6, 6.07) is 11.9. The molecule has 5 nitrogen and oxygen atoms in total. The second-order valence-electron chi connectivity index (χ2n) is 7.81. The highest BCUT2D eigenvalue weighted by Crippen LogP contribution is 2.36. The van der Waals surface area contributed by atoms with E-state index in [9.17, 15) is 9.59 Å². The number of aromatic nitrogens is 1. The van der Waals surface area contributed by atoms with E-state index in [4.69, 9.17) is 0 Å². The molecule has 0 aliphatic carbocycles. The highest BCUT2D eigenvalue weighted by molar-refractivity contribution is 6.12. The third-order valence-electron chi connectivity index (χ3n) is 5.33. The number of pyridine rings is 1. The number of hydrogen-bond acceptors (Lipinski definition) is 3. The third kappa shape index (κ3) is 3.72. The molecule has 1 aliphatic rings. The minimum atomic E-state index is -1.11. The smallest absolute Gasteiger partial charge is 0.242 e. The van der Waals surface area contributed by atoms with Crippen LogP contribution in [0.4, 0.5) is 5.69 Å². The number of para-hydroxylation sites is 1. The Labute approximate surface area is 161 Å². The van der Waals surface area contributed by atoms with Crippen molar-refractivity contribution in [2.45, 2.75) is 39.7 Å². The lowest BCUT2D eigenvalue weighted by Crippen LogP contribution is -2.52. The highest BCUT2D eigenvalue weighted by Gasteiger charge is 2.44. The summed E-state index contributed by atoms with van der Waals surface area (Å²) < 4.78 is 0. The molecule has 0 spiro atoms. The van der Waals surface area contributed by atoms with Crippen LogP contribution in [0, 0.1) is 5.41 Å². The van der Waals surface area contributed by atoms with Gasteiger partial charge < -0.3 is 9.80 Å². The van der Waals surface area contributed by atoms with Gasteiger partial charge in [-0.25, -0.2) is 0 Å². The molecule has 0 saturated heterocycles. The van der Waals surface area contributed by atoms with E-state index in [1.165, 1.54) is 0 Å². The topological polar surface area (TPSA) is 53.5 Å². The minimum absolute atomic E-state index is 0.0594. The maximum atomic E-state index is 13.3. The van der Waals surface area contributed by atoms with Crippen LogP contribution in [0.5, 0.6) is 0 Å². The van der Waals surface area contributed by atoms with Crippen molar-refractivity contribution in [3.63, 3.8) is 0 Å². The Morgan fingerprint density at radius 3 is 2.56 bits per heavy atom. The summed E-state index contributed by atoms with van der Waals surface area (Å²) in [6.45, 7) is 6.06. The van der Waals surface area contributed by atoms with Gasteiger partial charge in [0, 0.05) is 37.7 Å². The quantitative estimate of drug-likeness (QED) is 0.765.